The summed E-state index contributed by atoms with van der Waals surface area (Å²) in [4.78, 5) is 76.1. The molecule has 1 heterocycles. The number of hydrogen-bond donors (Lipinski definition) is 0. The van der Waals surface area contributed by atoms with Crippen LogP contribution in [-0.2, 0) is 14.4 Å². The summed E-state index contributed by atoms with van der Waals surface area (Å²) in [6, 6.07) is -0.427. The van der Waals surface area contributed by atoms with E-state index in [-0.39, 0.29) is 30.6 Å². The van der Waals surface area contributed by atoms with Gasteiger partial charge in [0.05, 0.1) is 26.3 Å². The van der Waals surface area contributed by atoms with Gasteiger partial charge in [0.1, 0.15) is 0 Å². The largest absolute Gasteiger partial charge is 0.329 e. The first-order valence-corrected chi connectivity index (χ1v) is 15.5. The predicted molar refractivity (Wildman–Crippen MR) is 151 cm³/mol. The van der Waals surface area contributed by atoms with Gasteiger partial charge in [0.2, 0.25) is 18.2 Å². The van der Waals surface area contributed by atoms with Gasteiger partial charge in [-0.1, -0.05) is 19.3 Å². The molecule has 0 spiro atoms. The van der Waals surface area contributed by atoms with E-state index in [9.17, 15) is 24.0 Å². The molecule has 4 aliphatic rings. The van der Waals surface area contributed by atoms with Gasteiger partial charge in [-0.25, -0.2) is 43.8 Å². The monoisotopic (exact) mass is 568 g/mol. The molecule has 6 atom stereocenters. The molecule has 0 bridgehead atoms. The van der Waals surface area contributed by atoms with Gasteiger partial charge in [0.15, 0.2) is 0 Å². The smallest absolute Gasteiger partial charge is 0.306 e. The zero-order valence-corrected chi connectivity index (χ0v) is 24.1. The summed E-state index contributed by atoms with van der Waals surface area (Å²) in [5.74, 6) is 1.72. The van der Waals surface area contributed by atoms with Crippen LogP contribution in [-0.4, -0.2) is 90.9 Å². The van der Waals surface area contributed by atoms with Gasteiger partial charge >= 0.3 is 12.1 Å². The van der Waals surface area contributed by atoms with Crippen LogP contribution in [0.3, 0.4) is 0 Å². The molecule has 0 N–H and O–H groups in total. The first kappa shape index (κ1) is 30.8. The second-order valence-corrected chi connectivity index (χ2v) is 12.8. The highest BCUT2D eigenvalue weighted by molar-refractivity contribution is 5.95. The standard InChI is InChI=1S/C30H44N6O5/c37-19-31-13-23-4-1-7-26(10-23)16-34-22-35(17-27-8-2-5-24(11-27)14-32-20-38)30(41)36(29(34)40)18-28-9-3-6-25(12-28)15-33-21-39/h23-28H,1-18,22H2. The van der Waals surface area contributed by atoms with Crippen LogP contribution in [0.25, 0.3) is 0 Å². The van der Waals surface area contributed by atoms with Gasteiger partial charge in [-0.15, -0.1) is 0 Å². The molecule has 1 saturated heterocycles. The molecule has 11 nitrogen and oxygen atoms in total. The molecule has 0 aromatic rings. The fourth-order valence-corrected chi connectivity index (χ4v) is 7.76. The average Bonchev–Trinajstić information content (AvgIpc) is 2.99. The average molecular weight is 569 g/mol. The summed E-state index contributed by atoms with van der Waals surface area (Å²) in [5, 5.41) is 0. The molecule has 6 unspecified atom stereocenters. The zero-order valence-electron chi connectivity index (χ0n) is 24.1. The highest BCUT2D eigenvalue weighted by atomic mass is 16.2. The molecule has 4 rings (SSSR count). The van der Waals surface area contributed by atoms with Crippen LogP contribution in [0.2, 0.25) is 0 Å². The van der Waals surface area contributed by atoms with Crippen LogP contribution in [0.5, 0.6) is 0 Å². The van der Waals surface area contributed by atoms with E-state index < -0.39 is 0 Å². The number of aliphatic imine (C=N–C) groups is 3. The maximum absolute atomic E-state index is 13.8. The lowest BCUT2D eigenvalue weighted by molar-refractivity contribution is 0.0484. The molecule has 3 aliphatic carbocycles. The normalized spacial score (nSPS) is 30.7. The van der Waals surface area contributed by atoms with Crippen molar-refractivity contribution < 1.29 is 24.0 Å². The number of hydrogen-bond acceptors (Lipinski definition) is 8. The van der Waals surface area contributed by atoms with Crippen molar-refractivity contribution in [1.29, 1.82) is 0 Å². The Hall–Kier alpha value is -3.12. The van der Waals surface area contributed by atoms with E-state index in [0.717, 1.165) is 77.0 Å². The minimum atomic E-state index is -0.214. The first-order valence-electron chi connectivity index (χ1n) is 15.5. The lowest BCUT2D eigenvalue weighted by atomic mass is 9.80. The third-order valence-electron chi connectivity index (χ3n) is 9.66. The van der Waals surface area contributed by atoms with Crippen LogP contribution in [0.4, 0.5) is 9.59 Å². The molecule has 0 radical (unpaired) electrons. The molecule has 1 aliphatic heterocycles. The first-order chi connectivity index (χ1) is 20.0. The number of nitrogens with zero attached hydrogens (tertiary/aromatic N) is 6. The molecular weight excluding hydrogens is 524 g/mol. The Morgan fingerprint density at radius 3 is 1.24 bits per heavy atom. The van der Waals surface area contributed by atoms with Crippen molar-refractivity contribution in [2.24, 2.45) is 50.5 Å². The third-order valence-corrected chi connectivity index (χ3v) is 9.66. The Morgan fingerprint density at radius 1 is 0.537 bits per heavy atom. The Morgan fingerprint density at radius 2 is 0.878 bits per heavy atom. The van der Waals surface area contributed by atoms with Crippen molar-refractivity contribution in [1.82, 2.24) is 14.7 Å². The molecule has 4 fully saturated rings. The van der Waals surface area contributed by atoms with E-state index >= 15 is 0 Å². The molecule has 0 aromatic carbocycles. The summed E-state index contributed by atoms with van der Waals surface area (Å²) < 4.78 is 0. The van der Waals surface area contributed by atoms with Crippen LogP contribution in [0, 0.1) is 35.5 Å². The summed E-state index contributed by atoms with van der Waals surface area (Å²) in [7, 11) is 0. The topological polar surface area (TPSA) is 132 Å². The van der Waals surface area contributed by atoms with Gasteiger partial charge in [0.25, 0.3) is 0 Å². The zero-order chi connectivity index (χ0) is 29.0. The van der Waals surface area contributed by atoms with Crippen LogP contribution in [0.15, 0.2) is 15.0 Å². The summed E-state index contributed by atoms with van der Waals surface area (Å²) >= 11 is 0. The number of imide groups is 1. The van der Waals surface area contributed by atoms with Gasteiger partial charge in [-0.3, -0.25) is 0 Å². The predicted octanol–water partition coefficient (Wildman–Crippen LogP) is 4.53. The summed E-state index contributed by atoms with van der Waals surface area (Å²) in [5.41, 5.74) is 0. The quantitative estimate of drug-likeness (QED) is 0.252. The molecule has 3 saturated carbocycles. The Bertz CT molecular complexity index is 990. The number of amides is 4. The van der Waals surface area contributed by atoms with Crippen molar-refractivity contribution in [3.05, 3.63) is 0 Å². The van der Waals surface area contributed by atoms with Crippen molar-refractivity contribution in [2.45, 2.75) is 77.0 Å². The van der Waals surface area contributed by atoms with Crippen LogP contribution in [0.1, 0.15) is 77.0 Å². The van der Waals surface area contributed by atoms with E-state index in [0.29, 0.717) is 62.9 Å². The maximum atomic E-state index is 13.8. The fourth-order valence-electron chi connectivity index (χ4n) is 7.76. The van der Waals surface area contributed by atoms with Crippen molar-refractivity contribution in [3.8, 4) is 0 Å². The lowest BCUT2D eigenvalue weighted by Gasteiger charge is -2.45. The molecule has 4 amide bonds. The van der Waals surface area contributed by atoms with Gasteiger partial charge in [-0.05, 0) is 93.3 Å². The van der Waals surface area contributed by atoms with E-state index in [4.69, 9.17) is 0 Å². The number of urea groups is 2. The second kappa shape index (κ2) is 15.8. The molecule has 11 heteroatoms. The molecule has 224 valence electrons. The summed E-state index contributed by atoms with van der Waals surface area (Å²) in [6.07, 6.45) is 16.7. The van der Waals surface area contributed by atoms with E-state index in [1.54, 1.807) is 18.2 Å². The minimum Gasteiger partial charge on any atom is -0.306 e. The van der Waals surface area contributed by atoms with Gasteiger partial charge in [-0.2, -0.15) is 0 Å². The molecule has 41 heavy (non-hydrogen) atoms. The highest BCUT2D eigenvalue weighted by Crippen LogP contribution is 2.34. The second-order valence-electron chi connectivity index (χ2n) is 12.8. The number of carbonyl (C=O) groups excluding carboxylic acids is 5. The van der Waals surface area contributed by atoms with Gasteiger partial charge in [0, 0.05) is 19.6 Å². The molecule has 0 aromatic heterocycles. The number of isocyanates is 3. The summed E-state index contributed by atoms with van der Waals surface area (Å²) in [6.45, 7) is 3.27. The maximum Gasteiger partial charge on any atom is 0.329 e. The van der Waals surface area contributed by atoms with Crippen LogP contribution < -0.4 is 0 Å². The van der Waals surface area contributed by atoms with Crippen molar-refractivity contribution in [2.75, 3.05) is 45.9 Å². The Labute approximate surface area is 242 Å². The SMILES string of the molecule is O=C=NCC1CCCC(CN2CN(CC3CCCC(CN=C=O)C3)C(=O)N(CC3CCCC(CN=C=O)C3)C2=O)C1. The lowest BCUT2D eigenvalue weighted by Crippen LogP contribution is -2.63. The Balaban J connectivity index is 1.46. The van der Waals surface area contributed by atoms with Gasteiger partial charge < -0.3 is 9.80 Å². The fraction of sp³-hybridized carbons (Fsp3) is 0.833. The van der Waals surface area contributed by atoms with Crippen LogP contribution >= 0.6 is 0 Å². The minimum absolute atomic E-state index is 0.186. The number of carbonyl (C=O) groups is 2. The van der Waals surface area contributed by atoms with E-state index in [1.807, 2.05) is 9.80 Å². The Kier molecular flexibility index (Phi) is 11.9. The van der Waals surface area contributed by atoms with Crippen molar-refractivity contribution in [3.63, 3.8) is 0 Å². The highest BCUT2D eigenvalue weighted by Gasteiger charge is 2.41. The van der Waals surface area contributed by atoms with E-state index in [2.05, 4.69) is 15.0 Å². The number of rotatable bonds is 12. The van der Waals surface area contributed by atoms with E-state index in [1.165, 1.54) is 4.90 Å². The molecular formula is C30H44N6O5. The van der Waals surface area contributed by atoms with Crippen molar-refractivity contribution >= 4 is 30.3 Å². The third kappa shape index (κ3) is 8.93.